The van der Waals surface area contributed by atoms with Crippen molar-refractivity contribution in [1.82, 2.24) is 0 Å². The fraction of sp³-hybridized carbons (Fsp3) is 0.190. The molecule has 0 saturated heterocycles. The molecule has 0 aliphatic heterocycles. The van der Waals surface area contributed by atoms with Crippen molar-refractivity contribution < 1.29 is 0 Å². The van der Waals surface area contributed by atoms with Crippen LogP contribution in [0, 0.1) is 0 Å². The van der Waals surface area contributed by atoms with Crippen LogP contribution in [-0.2, 0) is 10.8 Å². The molecule has 0 amide bonds. The van der Waals surface area contributed by atoms with Gasteiger partial charge in [0, 0.05) is 41.1 Å². The van der Waals surface area contributed by atoms with Crippen LogP contribution in [0.4, 0.5) is 0 Å². The Morgan fingerprint density at radius 1 is 0.386 bits per heavy atom. The predicted molar refractivity (Wildman–Crippen MR) is 196 cm³/mol. The first-order valence-corrected chi connectivity index (χ1v) is 17.1. The molecule has 0 saturated carbocycles. The molecule has 0 nitrogen and oxygen atoms in total. The lowest BCUT2D eigenvalue weighted by Gasteiger charge is -2.19. The number of benzene rings is 5. The highest BCUT2D eigenvalue weighted by Gasteiger charge is 2.23. The molecule has 0 bridgehead atoms. The Hall–Kier alpha value is -3.98. The van der Waals surface area contributed by atoms with E-state index in [-0.39, 0.29) is 10.8 Å². The van der Waals surface area contributed by atoms with Crippen LogP contribution in [0.15, 0.2) is 121 Å². The predicted octanol–water partition coefficient (Wildman–Crippen LogP) is 13.4. The third-order valence-corrected chi connectivity index (χ3v) is 11.1. The molecular weight excluding hydrogens is 569 g/mol. The molecule has 0 radical (unpaired) electrons. The molecule has 44 heavy (non-hydrogen) atoms. The van der Waals surface area contributed by atoms with Gasteiger partial charge in [0.25, 0.3) is 0 Å². The molecule has 7 aromatic rings. The van der Waals surface area contributed by atoms with Gasteiger partial charge < -0.3 is 0 Å². The second kappa shape index (κ2) is 10.9. The number of rotatable bonds is 4. The van der Waals surface area contributed by atoms with Crippen LogP contribution < -0.4 is 0 Å². The fourth-order valence-corrected chi connectivity index (χ4v) is 8.60. The van der Waals surface area contributed by atoms with Gasteiger partial charge in [-0.1, -0.05) is 151 Å². The largest absolute Gasteiger partial charge is 0.135 e. The first kappa shape index (κ1) is 28.8. The third kappa shape index (κ3) is 5.21. The zero-order chi connectivity index (χ0) is 30.6. The second-order valence-corrected chi connectivity index (χ2v) is 15.9. The van der Waals surface area contributed by atoms with Crippen molar-refractivity contribution >= 4 is 42.8 Å². The second-order valence-electron chi connectivity index (χ2n) is 13.8. The maximum Gasteiger partial charge on any atom is 0.0441 e. The van der Waals surface area contributed by atoms with Gasteiger partial charge in [-0.05, 0) is 56.3 Å². The van der Waals surface area contributed by atoms with Gasteiger partial charge in [0.2, 0.25) is 0 Å². The Kier molecular flexibility index (Phi) is 7.11. The molecule has 2 heteroatoms. The van der Waals surface area contributed by atoms with E-state index in [1.54, 1.807) is 0 Å². The summed E-state index contributed by atoms with van der Waals surface area (Å²) < 4.78 is 2.70. The van der Waals surface area contributed by atoms with Crippen molar-refractivity contribution in [3.63, 3.8) is 0 Å². The average Bonchev–Trinajstić information content (AvgIpc) is 3.66. The lowest BCUT2D eigenvalue weighted by molar-refractivity contribution is 0.590. The maximum absolute atomic E-state index is 2.44. The minimum Gasteiger partial charge on any atom is -0.135 e. The van der Waals surface area contributed by atoms with Crippen molar-refractivity contribution in [2.45, 2.75) is 52.4 Å². The lowest BCUT2D eigenvalue weighted by Crippen LogP contribution is -2.10. The van der Waals surface area contributed by atoms with Crippen molar-refractivity contribution in [1.29, 1.82) is 0 Å². The minimum atomic E-state index is 0.133. The first-order valence-electron chi connectivity index (χ1n) is 15.4. The van der Waals surface area contributed by atoms with Crippen molar-refractivity contribution in [2.24, 2.45) is 0 Å². The fourth-order valence-electron chi connectivity index (χ4n) is 6.09. The number of hydrogen-bond acceptors (Lipinski definition) is 2. The summed E-state index contributed by atoms with van der Waals surface area (Å²) >= 11 is 3.85. The molecule has 7 rings (SSSR count). The number of fused-ring (bicyclic) bond motifs is 3. The lowest BCUT2D eigenvalue weighted by atomic mass is 9.86. The van der Waals surface area contributed by atoms with E-state index in [0.29, 0.717) is 0 Å². The molecule has 0 atom stereocenters. The Balaban J connectivity index is 1.53. The van der Waals surface area contributed by atoms with Gasteiger partial charge in [0.15, 0.2) is 0 Å². The van der Waals surface area contributed by atoms with Crippen LogP contribution in [0.5, 0.6) is 0 Å². The van der Waals surface area contributed by atoms with Gasteiger partial charge in [0.05, 0.1) is 0 Å². The summed E-state index contributed by atoms with van der Waals surface area (Å²) in [5.74, 6) is 0. The van der Waals surface area contributed by atoms with Gasteiger partial charge in [-0.2, -0.15) is 0 Å². The Morgan fingerprint density at radius 2 is 0.727 bits per heavy atom. The Morgan fingerprint density at radius 3 is 1.05 bits per heavy atom. The summed E-state index contributed by atoms with van der Waals surface area (Å²) in [6.45, 7) is 13.7. The number of thiophene rings is 2. The van der Waals surface area contributed by atoms with Gasteiger partial charge in [0.1, 0.15) is 0 Å². The molecule has 0 spiro atoms. The highest BCUT2D eigenvalue weighted by molar-refractivity contribution is 7.25. The summed E-state index contributed by atoms with van der Waals surface area (Å²) in [7, 11) is 0. The molecule has 0 aliphatic rings. The van der Waals surface area contributed by atoms with E-state index < -0.39 is 0 Å². The zero-order valence-corrected chi connectivity index (χ0v) is 28.0. The first-order chi connectivity index (χ1) is 21.1. The quantitative estimate of drug-likeness (QED) is 0.187. The topological polar surface area (TPSA) is 0 Å². The zero-order valence-electron chi connectivity index (χ0n) is 26.4. The van der Waals surface area contributed by atoms with E-state index in [4.69, 9.17) is 0 Å². The van der Waals surface area contributed by atoms with Crippen LogP contribution >= 0.6 is 22.7 Å². The summed E-state index contributed by atoms with van der Waals surface area (Å²) in [6.07, 6.45) is 0. The summed E-state index contributed by atoms with van der Waals surface area (Å²) in [4.78, 5) is 2.62. The Labute approximate surface area is 269 Å². The van der Waals surface area contributed by atoms with Gasteiger partial charge >= 0.3 is 0 Å². The van der Waals surface area contributed by atoms with E-state index in [1.807, 2.05) is 22.7 Å². The van der Waals surface area contributed by atoms with Crippen LogP contribution in [0.2, 0.25) is 0 Å². The molecule has 5 aromatic carbocycles. The van der Waals surface area contributed by atoms with Gasteiger partial charge in [-0.3, -0.25) is 0 Å². The van der Waals surface area contributed by atoms with E-state index in [0.717, 1.165) is 0 Å². The molecule has 2 heterocycles. The van der Waals surface area contributed by atoms with Crippen molar-refractivity contribution in [3.8, 4) is 43.1 Å². The highest BCUT2D eigenvalue weighted by Crippen LogP contribution is 2.52. The van der Waals surface area contributed by atoms with Crippen LogP contribution in [0.1, 0.15) is 52.7 Å². The molecule has 0 fully saturated rings. The molecule has 0 aliphatic carbocycles. The monoisotopic (exact) mass is 606 g/mol. The smallest absolute Gasteiger partial charge is 0.0441 e. The third-order valence-electron chi connectivity index (χ3n) is 8.65. The molecular formula is C42H38S2. The van der Waals surface area contributed by atoms with E-state index in [9.17, 15) is 0 Å². The minimum absolute atomic E-state index is 0.133. The molecule has 218 valence electrons. The van der Waals surface area contributed by atoms with Gasteiger partial charge in [-0.25, -0.2) is 0 Å². The summed E-state index contributed by atoms with van der Waals surface area (Å²) in [5.41, 5.74) is 10.7. The summed E-state index contributed by atoms with van der Waals surface area (Å²) in [5, 5.41) is 2.68. The van der Waals surface area contributed by atoms with E-state index in [2.05, 4.69) is 163 Å². The van der Waals surface area contributed by atoms with Crippen molar-refractivity contribution in [2.75, 3.05) is 0 Å². The van der Waals surface area contributed by atoms with Crippen molar-refractivity contribution in [3.05, 3.63) is 132 Å². The molecule has 2 aromatic heterocycles. The average molecular weight is 607 g/mol. The van der Waals surface area contributed by atoms with Crippen LogP contribution in [0.3, 0.4) is 0 Å². The molecule has 0 unspecified atom stereocenters. The highest BCUT2D eigenvalue weighted by atomic mass is 32.1. The van der Waals surface area contributed by atoms with E-state index in [1.165, 1.54) is 74.4 Å². The normalized spacial score (nSPS) is 12.3. The van der Waals surface area contributed by atoms with Crippen LogP contribution in [-0.4, -0.2) is 0 Å². The van der Waals surface area contributed by atoms with Crippen LogP contribution in [0.25, 0.3) is 63.3 Å². The van der Waals surface area contributed by atoms with Gasteiger partial charge in [-0.15, -0.1) is 22.7 Å². The Bertz CT molecular complexity index is 1920. The number of hydrogen-bond donors (Lipinski definition) is 0. The SMILES string of the molecule is CC(C)(C)c1ccc(-c2cc3c(s2)c(-c2ccccc2)c(-c2ccccc2)c2sc(-c4ccc(C(C)(C)C)cc4)cc23)cc1. The van der Waals surface area contributed by atoms with E-state index >= 15 is 0 Å². The summed E-state index contributed by atoms with van der Waals surface area (Å²) in [6, 6.07) is 45.2. The molecule has 0 N–H and O–H groups in total. The standard InChI is InChI=1S/C42H38S2/c1-41(2,3)31-21-17-27(18-22-31)35-25-33-34-26-36(28-19-23-32(24-20-28)42(4,5)6)44-40(34)38(30-15-11-8-12-16-30)37(39(33)43-35)29-13-9-7-10-14-29/h7-26H,1-6H3. The maximum atomic E-state index is 2.44.